The maximum absolute atomic E-state index is 13.0. The fourth-order valence-corrected chi connectivity index (χ4v) is 4.06. The molecule has 8 nitrogen and oxygen atoms in total. The SMILES string of the molecule is CCOC(=O)c1oc2ncc(C#C[Si](C)(C)C)cc2c1N(CCC1CCCO1)C(=O)OCC. The highest BCUT2D eigenvalue weighted by Crippen LogP contribution is 2.35. The second kappa shape index (κ2) is 10.9. The van der Waals surface area contributed by atoms with Gasteiger partial charge in [-0.15, -0.1) is 5.54 Å². The molecule has 1 unspecified atom stereocenters. The number of amides is 1. The van der Waals surface area contributed by atoms with E-state index in [2.05, 4.69) is 36.1 Å². The van der Waals surface area contributed by atoms with Crippen LogP contribution in [0.5, 0.6) is 0 Å². The zero-order chi connectivity index (χ0) is 24.0. The fraction of sp³-hybridized carbons (Fsp3) is 0.542. The van der Waals surface area contributed by atoms with E-state index in [1.165, 1.54) is 4.90 Å². The number of fused-ring (bicyclic) bond motifs is 1. The fourth-order valence-electron chi connectivity index (χ4n) is 3.54. The van der Waals surface area contributed by atoms with E-state index in [1.807, 2.05) is 0 Å². The van der Waals surface area contributed by atoms with Gasteiger partial charge in [0.15, 0.2) is 0 Å². The van der Waals surface area contributed by atoms with Crippen LogP contribution in [0.25, 0.3) is 11.1 Å². The molecule has 0 aromatic carbocycles. The highest BCUT2D eigenvalue weighted by Gasteiger charge is 2.32. The summed E-state index contributed by atoms with van der Waals surface area (Å²) in [5.41, 5.74) is 4.53. The van der Waals surface area contributed by atoms with Crippen molar-refractivity contribution in [2.45, 2.75) is 58.9 Å². The third kappa shape index (κ3) is 6.36. The summed E-state index contributed by atoms with van der Waals surface area (Å²) in [7, 11) is -1.61. The van der Waals surface area contributed by atoms with Gasteiger partial charge in [-0.1, -0.05) is 25.6 Å². The van der Waals surface area contributed by atoms with Crippen molar-refractivity contribution in [2.75, 3.05) is 31.3 Å². The van der Waals surface area contributed by atoms with Gasteiger partial charge in [-0.05, 0) is 39.2 Å². The van der Waals surface area contributed by atoms with Gasteiger partial charge in [0.2, 0.25) is 11.5 Å². The Kier molecular flexibility index (Phi) is 8.16. The Bertz CT molecular complexity index is 1060. The van der Waals surface area contributed by atoms with Gasteiger partial charge in [0.25, 0.3) is 0 Å². The largest absolute Gasteiger partial charge is 0.460 e. The van der Waals surface area contributed by atoms with E-state index in [-0.39, 0.29) is 30.8 Å². The Morgan fingerprint density at radius 1 is 1.24 bits per heavy atom. The first-order valence-electron chi connectivity index (χ1n) is 11.4. The molecule has 3 heterocycles. The summed E-state index contributed by atoms with van der Waals surface area (Å²) < 4.78 is 22.0. The van der Waals surface area contributed by atoms with Crippen LogP contribution in [0.4, 0.5) is 10.5 Å². The van der Waals surface area contributed by atoms with E-state index >= 15 is 0 Å². The molecule has 0 bridgehead atoms. The van der Waals surface area contributed by atoms with Gasteiger partial charge in [-0.3, -0.25) is 4.90 Å². The van der Waals surface area contributed by atoms with Crippen molar-refractivity contribution in [2.24, 2.45) is 0 Å². The van der Waals surface area contributed by atoms with Crippen LogP contribution in [0.2, 0.25) is 19.6 Å². The van der Waals surface area contributed by atoms with Crippen LogP contribution in [-0.2, 0) is 14.2 Å². The van der Waals surface area contributed by atoms with Gasteiger partial charge in [-0.25, -0.2) is 14.6 Å². The van der Waals surface area contributed by atoms with Crippen molar-refractivity contribution in [3.05, 3.63) is 23.6 Å². The number of anilines is 1. The second-order valence-electron chi connectivity index (χ2n) is 8.85. The standard InChI is InChI=1S/C24H32N2O6Si/c1-6-29-23(27)21-20(26(24(28)30-7-2)12-10-18-9-8-13-31-18)19-15-17(11-14-33(3,4)5)16-25-22(19)32-21/h15-16,18H,6-10,12-13H2,1-5H3. The number of carbonyl (C=O) groups excluding carboxylic acids is 2. The highest BCUT2D eigenvalue weighted by atomic mass is 28.3. The molecular weight excluding hydrogens is 440 g/mol. The third-order valence-corrected chi connectivity index (χ3v) is 5.89. The molecule has 1 amide bonds. The number of carbonyl (C=O) groups is 2. The van der Waals surface area contributed by atoms with E-state index in [0.29, 0.717) is 29.6 Å². The van der Waals surface area contributed by atoms with Gasteiger partial charge < -0.3 is 18.6 Å². The average molecular weight is 473 g/mol. The first-order valence-corrected chi connectivity index (χ1v) is 14.9. The second-order valence-corrected chi connectivity index (χ2v) is 13.6. The minimum absolute atomic E-state index is 0.0578. The molecule has 0 spiro atoms. The van der Waals surface area contributed by atoms with E-state index in [4.69, 9.17) is 18.6 Å². The minimum Gasteiger partial charge on any atom is -0.460 e. The van der Waals surface area contributed by atoms with E-state index < -0.39 is 20.1 Å². The number of esters is 1. The van der Waals surface area contributed by atoms with Crippen molar-refractivity contribution < 1.29 is 28.2 Å². The summed E-state index contributed by atoms with van der Waals surface area (Å²) in [5, 5.41) is 0.515. The molecule has 178 valence electrons. The van der Waals surface area contributed by atoms with Gasteiger partial charge >= 0.3 is 12.1 Å². The van der Waals surface area contributed by atoms with E-state index in [0.717, 1.165) is 19.4 Å². The Hall–Kier alpha value is -2.83. The summed E-state index contributed by atoms with van der Waals surface area (Å²) in [4.78, 5) is 31.5. The normalized spacial score (nSPS) is 15.7. The number of rotatable bonds is 7. The van der Waals surface area contributed by atoms with Crippen molar-refractivity contribution in [1.29, 1.82) is 0 Å². The molecule has 0 radical (unpaired) electrons. The number of nitrogens with zero attached hydrogens (tertiary/aromatic N) is 2. The number of furan rings is 1. The predicted octanol–water partition coefficient (Wildman–Crippen LogP) is 4.77. The number of hydrogen-bond acceptors (Lipinski definition) is 7. The van der Waals surface area contributed by atoms with Crippen LogP contribution < -0.4 is 4.90 Å². The molecule has 9 heteroatoms. The topological polar surface area (TPSA) is 91.1 Å². The number of aromatic nitrogens is 1. The zero-order valence-electron chi connectivity index (χ0n) is 20.0. The van der Waals surface area contributed by atoms with Gasteiger partial charge in [0, 0.05) is 24.9 Å². The van der Waals surface area contributed by atoms with E-state index in [1.54, 1.807) is 26.1 Å². The molecule has 3 rings (SSSR count). The van der Waals surface area contributed by atoms with Gasteiger partial charge in [0.05, 0.1) is 24.7 Å². The molecule has 1 fully saturated rings. The molecule has 0 N–H and O–H groups in total. The summed E-state index contributed by atoms with van der Waals surface area (Å²) in [6.45, 7) is 11.3. The maximum atomic E-state index is 13.0. The molecule has 1 aliphatic rings. The molecule has 0 saturated carbocycles. The molecule has 1 aliphatic heterocycles. The Morgan fingerprint density at radius 3 is 2.64 bits per heavy atom. The summed E-state index contributed by atoms with van der Waals surface area (Å²) in [6.07, 6.45) is 3.64. The molecular formula is C24H32N2O6Si. The van der Waals surface area contributed by atoms with Crippen molar-refractivity contribution in [1.82, 2.24) is 4.98 Å². The Labute approximate surface area is 195 Å². The van der Waals surface area contributed by atoms with Crippen LogP contribution in [0.3, 0.4) is 0 Å². The highest BCUT2D eigenvalue weighted by molar-refractivity contribution is 6.83. The summed E-state index contributed by atoms with van der Waals surface area (Å²) in [6, 6.07) is 1.80. The van der Waals surface area contributed by atoms with Crippen LogP contribution >= 0.6 is 0 Å². The quantitative estimate of drug-likeness (QED) is 0.326. The average Bonchev–Trinajstić information content (AvgIpc) is 3.40. The maximum Gasteiger partial charge on any atom is 0.414 e. The predicted molar refractivity (Wildman–Crippen MR) is 128 cm³/mol. The van der Waals surface area contributed by atoms with E-state index in [9.17, 15) is 9.59 Å². The Morgan fingerprint density at radius 2 is 2.00 bits per heavy atom. The molecule has 33 heavy (non-hydrogen) atoms. The van der Waals surface area contributed by atoms with Crippen molar-refractivity contribution in [3.63, 3.8) is 0 Å². The smallest absolute Gasteiger partial charge is 0.414 e. The number of pyridine rings is 1. The third-order valence-electron chi connectivity index (χ3n) is 5.02. The number of ether oxygens (including phenoxy) is 3. The monoisotopic (exact) mass is 472 g/mol. The lowest BCUT2D eigenvalue weighted by molar-refractivity contribution is 0.0493. The zero-order valence-corrected chi connectivity index (χ0v) is 21.0. The van der Waals surface area contributed by atoms with Crippen molar-refractivity contribution >= 4 is 36.9 Å². The van der Waals surface area contributed by atoms with Crippen LogP contribution in [0.1, 0.15) is 49.2 Å². The lowest BCUT2D eigenvalue weighted by atomic mass is 10.1. The van der Waals surface area contributed by atoms with Crippen LogP contribution in [-0.4, -0.2) is 57.6 Å². The van der Waals surface area contributed by atoms with Crippen LogP contribution in [0, 0.1) is 11.5 Å². The molecule has 1 saturated heterocycles. The van der Waals surface area contributed by atoms with Gasteiger partial charge in [-0.2, -0.15) is 0 Å². The minimum atomic E-state index is -1.61. The summed E-state index contributed by atoms with van der Waals surface area (Å²) in [5.74, 6) is 2.44. The summed E-state index contributed by atoms with van der Waals surface area (Å²) >= 11 is 0. The molecule has 0 aliphatic carbocycles. The van der Waals surface area contributed by atoms with Crippen molar-refractivity contribution in [3.8, 4) is 11.5 Å². The Balaban J connectivity index is 2.11. The number of hydrogen-bond donors (Lipinski definition) is 0. The molecule has 2 aromatic heterocycles. The molecule has 1 atom stereocenters. The first-order chi connectivity index (χ1) is 15.7. The van der Waals surface area contributed by atoms with Gasteiger partial charge in [0.1, 0.15) is 13.8 Å². The lowest BCUT2D eigenvalue weighted by Crippen LogP contribution is -2.35. The van der Waals surface area contributed by atoms with Crippen LogP contribution in [0.15, 0.2) is 16.7 Å². The molecule has 2 aromatic rings. The lowest BCUT2D eigenvalue weighted by Gasteiger charge is -2.23. The first kappa shape index (κ1) is 24.8.